The maximum absolute atomic E-state index is 11.7. The first-order valence-electron chi connectivity index (χ1n) is 4.28. The van der Waals surface area contributed by atoms with E-state index in [2.05, 4.69) is 22.6 Å². The molecule has 0 aromatic heterocycles. The van der Waals surface area contributed by atoms with Gasteiger partial charge in [0.15, 0.2) is 0 Å². The SMILES string of the molecule is CC(C)S(=O)(=O)N1CC=C(I)CC1. The van der Waals surface area contributed by atoms with E-state index in [1.165, 1.54) is 3.58 Å². The van der Waals surface area contributed by atoms with E-state index in [9.17, 15) is 8.42 Å². The smallest absolute Gasteiger partial charge is 0.212 e. The van der Waals surface area contributed by atoms with Crippen LogP contribution in [-0.2, 0) is 10.0 Å². The van der Waals surface area contributed by atoms with Crippen molar-refractivity contribution in [2.24, 2.45) is 0 Å². The zero-order valence-corrected chi connectivity index (χ0v) is 10.8. The highest BCUT2D eigenvalue weighted by Crippen LogP contribution is 2.20. The monoisotopic (exact) mass is 315 g/mol. The third kappa shape index (κ3) is 2.66. The second-order valence-electron chi connectivity index (χ2n) is 3.35. The molecule has 0 saturated heterocycles. The predicted octanol–water partition coefficient (Wildman–Crippen LogP) is 1.75. The summed E-state index contributed by atoms with van der Waals surface area (Å²) in [5.74, 6) is 0. The molecule has 1 aliphatic rings. The highest BCUT2D eigenvalue weighted by atomic mass is 127. The molecular weight excluding hydrogens is 301 g/mol. The minimum atomic E-state index is -3.04. The quantitative estimate of drug-likeness (QED) is 0.728. The van der Waals surface area contributed by atoms with E-state index in [-0.39, 0.29) is 5.25 Å². The van der Waals surface area contributed by atoms with Crippen LogP contribution in [-0.4, -0.2) is 31.1 Å². The van der Waals surface area contributed by atoms with Gasteiger partial charge >= 0.3 is 0 Å². The van der Waals surface area contributed by atoms with Crippen molar-refractivity contribution in [3.8, 4) is 0 Å². The first-order valence-corrected chi connectivity index (χ1v) is 6.86. The van der Waals surface area contributed by atoms with Crippen LogP contribution in [0, 0.1) is 0 Å². The van der Waals surface area contributed by atoms with E-state index < -0.39 is 10.0 Å². The largest absolute Gasteiger partial charge is 0.216 e. The van der Waals surface area contributed by atoms with Crippen molar-refractivity contribution in [2.75, 3.05) is 13.1 Å². The second kappa shape index (κ2) is 4.27. The minimum absolute atomic E-state index is 0.309. The molecule has 1 aliphatic heterocycles. The standard InChI is InChI=1S/C8H14INO2S/c1-7(2)13(11,12)10-5-3-8(9)4-6-10/h3,7H,4-6H2,1-2H3. The molecule has 0 bridgehead atoms. The molecular formula is C8H14INO2S. The van der Waals surface area contributed by atoms with E-state index in [1.807, 2.05) is 6.08 Å². The van der Waals surface area contributed by atoms with Gasteiger partial charge in [0, 0.05) is 13.1 Å². The molecule has 0 aromatic carbocycles. The molecule has 1 heterocycles. The molecule has 3 nitrogen and oxygen atoms in total. The molecule has 0 N–H and O–H groups in total. The summed E-state index contributed by atoms with van der Waals surface area (Å²) in [5.41, 5.74) is 0. The molecule has 0 unspecified atom stereocenters. The van der Waals surface area contributed by atoms with E-state index in [4.69, 9.17) is 0 Å². The molecule has 0 amide bonds. The third-order valence-corrected chi connectivity index (χ3v) is 5.29. The maximum Gasteiger partial charge on any atom is 0.216 e. The number of rotatable bonds is 2. The minimum Gasteiger partial charge on any atom is -0.212 e. The summed E-state index contributed by atoms with van der Waals surface area (Å²) in [6, 6.07) is 0. The van der Waals surface area contributed by atoms with Gasteiger partial charge in [0.25, 0.3) is 0 Å². The Labute approximate surface area is 93.4 Å². The van der Waals surface area contributed by atoms with E-state index in [1.54, 1.807) is 18.2 Å². The lowest BCUT2D eigenvalue weighted by molar-refractivity contribution is 0.431. The molecule has 76 valence electrons. The lowest BCUT2D eigenvalue weighted by atomic mass is 10.3. The van der Waals surface area contributed by atoms with Crippen LogP contribution in [0.25, 0.3) is 0 Å². The number of sulfonamides is 1. The molecule has 0 atom stereocenters. The fourth-order valence-corrected chi connectivity index (χ4v) is 2.82. The predicted molar refractivity (Wildman–Crippen MR) is 62.3 cm³/mol. The van der Waals surface area contributed by atoms with Gasteiger partial charge in [-0.25, -0.2) is 8.42 Å². The van der Waals surface area contributed by atoms with Gasteiger partial charge in [-0.05, 0) is 46.4 Å². The van der Waals surface area contributed by atoms with Crippen LogP contribution in [0.5, 0.6) is 0 Å². The van der Waals surface area contributed by atoms with Crippen LogP contribution in [0.3, 0.4) is 0 Å². The molecule has 0 radical (unpaired) electrons. The molecule has 0 fully saturated rings. The van der Waals surface area contributed by atoms with Crippen molar-refractivity contribution in [1.29, 1.82) is 0 Å². The average molecular weight is 315 g/mol. The zero-order chi connectivity index (χ0) is 10.1. The van der Waals surface area contributed by atoms with Gasteiger partial charge in [0.05, 0.1) is 5.25 Å². The van der Waals surface area contributed by atoms with Crippen LogP contribution < -0.4 is 0 Å². The maximum atomic E-state index is 11.7. The summed E-state index contributed by atoms with van der Waals surface area (Å²) in [6.45, 7) is 4.62. The van der Waals surface area contributed by atoms with Gasteiger partial charge in [-0.2, -0.15) is 4.31 Å². The number of hydrogen-bond donors (Lipinski definition) is 0. The Morgan fingerprint density at radius 3 is 2.54 bits per heavy atom. The molecule has 13 heavy (non-hydrogen) atoms. The Kier molecular flexibility index (Phi) is 3.76. The Bertz CT molecular complexity index is 308. The topological polar surface area (TPSA) is 37.4 Å². The van der Waals surface area contributed by atoms with E-state index in [0.29, 0.717) is 13.1 Å². The first kappa shape index (κ1) is 11.5. The van der Waals surface area contributed by atoms with Crippen molar-refractivity contribution < 1.29 is 8.42 Å². The summed E-state index contributed by atoms with van der Waals surface area (Å²) in [7, 11) is -3.04. The molecule has 0 spiro atoms. The summed E-state index contributed by atoms with van der Waals surface area (Å²) < 4.78 is 26.2. The first-order chi connectivity index (χ1) is 5.94. The van der Waals surface area contributed by atoms with Crippen molar-refractivity contribution in [1.82, 2.24) is 4.31 Å². The van der Waals surface area contributed by atoms with Gasteiger partial charge < -0.3 is 0 Å². The Morgan fingerprint density at radius 1 is 1.54 bits per heavy atom. The Balaban J connectivity index is 2.76. The Hall–Kier alpha value is 0.380. The fraction of sp³-hybridized carbons (Fsp3) is 0.750. The highest BCUT2D eigenvalue weighted by molar-refractivity contribution is 14.1. The Morgan fingerprint density at radius 2 is 2.15 bits per heavy atom. The van der Waals surface area contributed by atoms with Gasteiger partial charge in [-0.15, -0.1) is 0 Å². The third-order valence-electron chi connectivity index (χ3n) is 2.07. The normalized spacial score (nSPS) is 20.5. The van der Waals surface area contributed by atoms with Crippen molar-refractivity contribution >= 4 is 32.6 Å². The van der Waals surface area contributed by atoms with Crippen LogP contribution in [0.15, 0.2) is 9.66 Å². The van der Waals surface area contributed by atoms with Crippen LogP contribution in [0.2, 0.25) is 0 Å². The van der Waals surface area contributed by atoms with Crippen molar-refractivity contribution in [3.05, 3.63) is 9.66 Å². The van der Waals surface area contributed by atoms with E-state index in [0.717, 1.165) is 6.42 Å². The molecule has 0 aromatic rings. The summed E-state index contributed by atoms with van der Waals surface area (Å²) >= 11 is 2.25. The molecule has 5 heteroatoms. The highest BCUT2D eigenvalue weighted by Gasteiger charge is 2.26. The van der Waals surface area contributed by atoms with E-state index >= 15 is 0 Å². The van der Waals surface area contributed by atoms with Gasteiger partial charge in [-0.3, -0.25) is 0 Å². The molecule has 0 saturated carbocycles. The molecule has 0 aliphatic carbocycles. The number of halogens is 1. The average Bonchev–Trinajstić information content (AvgIpc) is 2.04. The summed E-state index contributed by atoms with van der Waals surface area (Å²) in [5, 5.41) is -0.309. The number of nitrogens with zero attached hydrogens (tertiary/aromatic N) is 1. The van der Waals surface area contributed by atoms with Gasteiger partial charge in [0.1, 0.15) is 0 Å². The second-order valence-corrected chi connectivity index (χ2v) is 7.23. The lowest BCUT2D eigenvalue weighted by Gasteiger charge is -2.25. The lowest BCUT2D eigenvalue weighted by Crippen LogP contribution is -2.38. The summed E-state index contributed by atoms with van der Waals surface area (Å²) in [4.78, 5) is 0. The van der Waals surface area contributed by atoms with Crippen LogP contribution in [0.4, 0.5) is 0 Å². The number of hydrogen-bond acceptors (Lipinski definition) is 2. The van der Waals surface area contributed by atoms with Gasteiger partial charge in [-0.1, -0.05) is 6.08 Å². The van der Waals surface area contributed by atoms with Gasteiger partial charge in [0.2, 0.25) is 10.0 Å². The zero-order valence-electron chi connectivity index (χ0n) is 7.83. The van der Waals surface area contributed by atoms with Crippen molar-refractivity contribution in [2.45, 2.75) is 25.5 Å². The molecule has 1 rings (SSSR count). The van der Waals surface area contributed by atoms with Crippen molar-refractivity contribution in [3.63, 3.8) is 0 Å². The fourth-order valence-electron chi connectivity index (χ4n) is 1.16. The van der Waals surface area contributed by atoms with Crippen LogP contribution in [0.1, 0.15) is 20.3 Å². The summed E-state index contributed by atoms with van der Waals surface area (Å²) in [6.07, 6.45) is 2.83. The van der Waals surface area contributed by atoms with Crippen LogP contribution >= 0.6 is 22.6 Å².